The molecule has 4 heteroatoms. The second kappa shape index (κ2) is 7.39. The molecule has 4 nitrogen and oxygen atoms in total. The minimum absolute atomic E-state index is 0.339. The van der Waals surface area contributed by atoms with Crippen LogP contribution in [0.15, 0.2) is 18.2 Å². The maximum atomic E-state index is 5.95. The highest BCUT2D eigenvalue weighted by molar-refractivity contribution is 5.62. The Hall–Kier alpha value is -1.42. The Morgan fingerprint density at radius 1 is 1.40 bits per heavy atom. The summed E-state index contributed by atoms with van der Waals surface area (Å²) >= 11 is 0. The zero-order valence-corrected chi connectivity index (χ0v) is 12.6. The highest BCUT2D eigenvalue weighted by Crippen LogP contribution is 2.28. The lowest BCUT2D eigenvalue weighted by atomic mass is 10.1. The maximum absolute atomic E-state index is 5.95. The third-order valence-corrected chi connectivity index (χ3v) is 3.65. The first-order valence-corrected chi connectivity index (χ1v) is 7.55. The first-order valence-electron chi connectivity index (χ1n) is 7.55. The van der Waals surface area contributed by atoms with Crippen LogP contribution in [0.3, 0.4) is 0 Å². The van der Waals surface area contributed by atoms with Gasteiger partial charge in [0.1, 0.15) is 5.75 Å². The third kappa shape index (κ3) is 4.04. The Labute approximate surface area is 121 Å². The van der Waals surface area contributed by atoms with Gasteiger partial charge < -0.3 is 20.1 Å². The summed E-state index contributed by atoms with van der Waals surface area (Å²) in [7, 11) is 2.09. The number of nitrogen functional groups attached to an aromatic ring is 1. The Kier molecular flexibility index (Phi) is 5.53. The van der Waals surface area contributed by atoms with E-state index >= 15 is 0 Å². The van der Waals surface area contributed by atoms with Crippen LogP contribution in [-0.2, 0) is 4.74 Å². The van der Waals surface area contributed by atoms with Crippen LogP contribution in [-0.4, -0.2) is 32.9 Å². The van der Waals surface area contributed by atoms with Crippen LogP contribution in [0, 0.1) is 0 Å². The lowest BCUT2D eigenvalue weighted by Gasteiger charge is -2.29. The fourth-order valence-corrected chi connectivity index (χ4v) is 2.46. The molecule has 2 rings (SSSR count). The van der Waals surface area contributed by atoms with E-state index in [1.54, 1.807) is 0 Å². The number of hydrogen-bond donors (Lipinski definition) is 1. The van der Waals surface area contributed by atoms with E-state index in [0.29, 0.717) is 18.4 Å². The molecule has 1 aromatic carbocycles. The summed E-state index contributed by atoms with van der Waals surface area (Å²) < 4.78 is 11.5. The molecule has 112 valence electrons. The number of hydrogen-bond acceptors (Lipinski definition) is 4. The summed E-state index contributed by atoms with van der Waals surface area (Å²) in [6.45, 7) is 4.60. The van der Waals surface area contributed by atoms with Crippen LogP contribution in [0.4, 0.5) is 11.4 Å². The van der Waals surface area contributed by atoms with Crippen molar-refractivity contribution in [3.8, 4) is 5.75 Å². The standard InChI is InChI=1S/C16H26N2O2/c1-3-9-20-16-11-13(7-8-15(16)17)18(2)12-14-6-4-5-10-19-14/h7-8,11,14H,3-6,9-10,12,17H2,1-2H3. The fraction of sp³-hybridized carbons (Fsp3) is 0.625. The van der Waals surface area contributed by atoms with Crippen LogP contribution < -0.4 is 15.4 Å². The lowest BCUT2D eigenvalue weighted by Crippen LogP contribution is -2.33. The van der Waals surface area contributed by atoms with Gasteiger partial charge in [0.25, 0.3) is 0 Å². The maximum Gasteiger partial charge on any atom is 0.144 e. The summed E-state index contributed by atoms with van der Waals surface area (Å²) in [6.07, 6.45) is 4.93. The van der Waals surface area contributed by atoms with Gasteiger partial charge >= 0.3 is 0 Å². The molecule has 0 radical (unpaired) electrons. The normalized spacial score (nSPS) is 18.8. The molecule has 0 aromatic heterocycles. The zero-order valence-electron chi connectivity index (χ0n) is 12.6. The largest absolute Gasteiger partial charge is 0.491 e. The minimum atomic E-state index is 0.339. The summed E-state index contributed by atoms with van der Waals surface area (Å²) in [6, 6.07) is 5.98. The Morgan fingerprint density at radius 2 is 2.25 bits per heavy atom. The van der Waals surface area contributed by atoms with Crippen molar-refractivity contribution in [3.63, 3.8) is 0 Å². The molecule has 0 bridgehead atoms. The molecule has 1 aliphatic heterocycles. The van der Waals surface area contributed by atoms with E-state index in [1.807, 2.05) is 18.2 Å². The molecule has 1 saturated heterocycles. The van der Waals surface area contributed by atoms with E-state index in [0.717, 1.165) is 37.4 Å². The summed E-state index contributed by atoms with van der Waals surface area (Å²) in [4.78, 5) is 2.22. The molecule has 1 aliphatic rings. The highest BCUT2D eigenvalue weighted by Gasteiger charge is 2.16. The van der Waals surface area contributed by atoms with Crippen LogP contribution in [0.2, 0.25) is 0 Å². The highest BCUT2D eigenvalue weighted by atomic mass is 16.5. The monoisotopic (exact) mass is 278 g/mol. The molecule has 0 amide bonds. The molecule has 0 saturated carbocycles. The first kappa shape index (κ1) is 15.0. The predicted octanol–water partition coefficient (Wildman–Crippen LogP) is 3.06. The van der Waals surface area contributed by atoms with Crippen LogP contribution >= 0.6 is 0 Å². The van der Waals surface area contributed by atoms with Crippen LogP contribution in [0.25, 0.3) is 0 Å². The van der Waals surface area contributed by atoms with E-state index in [1.165, 1.54) is 12.8 Å². The van der Waals surface area contributed by atoms with Crippen molar-refractivity contribution in [2.75, 3.05) is 37.4 Å². The zero-order chi connectivity index (χ0) is 14.4. The number of anilines is 2. The average Bonchev–Trinajstić information content (AvgIpc) is 2.47. The lowest BCUT2D eigenvalue weighted by molar-refractivity contribution is 0.0216. The molecule has 2 N–H and O–H groups in total. The summed E-state index contributed by atoms with van der Waals surface area (Å²) in [5.41, 5.74) is 7.77. The van der Waals surface area contributed by atoms with E-state index in [-0.39, 0.29) is 0 Å². The molecule has 1 fully saturated rings. The van der Waals surface area contributed by atoms with Gasteiger partial charge in [-0.15, -0.1) is 0 Å². The molecule has 0 spiro atoms. The van der Waals surface area contributed by atoms with Crippen molar-refractivity contribution in [3.05, 3.63) is 18.2 Å². The number of rotatable bonds is 6. The second-order valence-electron chi connectivity index (χ2n) is 5.44. The third-order valence-electron chi connectivity index (χ3n) is 3.65. The van der Waals surface area contributed by atoms with Gasteiger partial charge in [0.2, 0.25) is 0 Å². The molecule has 1 unspecified atom stereocenters. The Morgan fingerprint density at radius 3 is 2.95 bits per heavy atom. The van der Waals surface area contributed by atoms with Gasteiger partial charge in [0, 0.05) is 32.0 Å². The molecule has 0 aliphatic carbocycles. The average molecular weight is 278 g/mol. The molecular formula is C16H26N2O2. The predicted molar refractivity (Wildman–Crippen MR) is 83.5 cm³/mol. The van der Waals surface area contributed by atoms with Gasteiger partial charge in [-0.2, -0.15) is 0 Å². The van der Waals surface area contributed by atoms with Crippen LogP contribution in [0.1, 0.15) is 32.6 Å². The Bertz CT molecular complexity index is 417. The van der Waals surface area contributed by atoms with Gasteiger partial charge in [-0.25, -0.2) is 0 Å². The van der Waals surface area contributed by atoms with Crippen molar-refractivity contribution in [1.29, 1.82) is 0 Å². The topological polar surface area (TPSA) is 47.7 Å². The number of likely N-dealkylation sites (N-methyl/N-ethyl adjacent to an activating group) is 1. The van der Waals surface area contributed by atoms with Crippen molar-refractivity contribution < 1.29 is 9.47 Å². The minimum Gasteiger partial charge on any atom is -0.491 e. The summed E-state index contributed by atoms with van der Waals surface area (Å²) in [5.74, 6) is 0.778. The number of benzene rings is 1. The smallest absolute Gasteiger partial charge is 0.144 e. The van der Waals surface area contributed by atoms with Crippen molar-refractivity contribution in [1.82, 2.24) is 0 Å². The van der Waals surface area contributed by atoms with E-state index < -0.39 is 0 Å². The van der Waals surface area contributed by atoms with Gasteiger partial charge in [-0.05, 0) is 37.8 Å². The number of ether oxygens (including phenoxy) is 2. The number of nitrogens with zero attached hydrogens (tertiary/aromatic N) is 1. The molecule has 1 aromatic rings. The van der Waals surface area contributed by atoms with Crippen molar-refractivity contribution in [2.24, 2.45) is 0 Å². The van der Waals surface area contributed by atoms with E-state index in [9.17, 15) is 0 Å². The second-order valence-corrected chi connectivity index (χ2v) is 5.44. The molecule has 1 atom stereocenters. The summed E-state index contributed by atoms with van der Waals surface area (Å²) in [5, 5.41) is 0. The van der Waals surface area contributed by atoms with E-state index in [2.05, 4.69) is 18.9 Å². The Balaban J connectivity index is 1.99. The molecule has 1 heterocycles. The van der Waals surface area contributed by atoms with Gasteiger partial charge in [0.15, 0.2) is 0 Å². The number of nitrogens with two attached hydrogens (primary N) is 1. The van der Waals surface area contributed by atoms with Gasteiger partial charge in [-0.3, -0.25) is 0 Å². The molecular weight excluding hydrogens is 252 g/mol. The quantitative estimate of drug-likeness (QED) is 0.812. The van der Waals surface area contributed by atoms with Gasteiger partial charge in [-0.1, -0.05) is 6.92 Å². The molecule has 20 heavy (non-hydrogen) atoms. The van der Waals surface area contributed by atoms with Crippen molar-refractivity contribution in [2.45, 2.75) is 38.7 Å². The first-order chi connectivity index (χ1) is 9.70. The fourth-order valence-electron chi connectivity index (χ4n) is 2.46. The SMILES string of the molecule is CCCOc1cc(N(C)CC2CCCCO2)ccc1N. The van der Waals surface area contributed by atoms with Crippen LogP contribution in [0.5, 0.6) is 5.75 Å². The van der Waals surface area contributed by atoms with Crippen molar-refractivity contribution >= 4 is 11.4 Å². The van der Waals surface area contributed by atoms with E-state index in [4.69, 9.17) is 15.2 Å². The van der Waals surface area contributed by atoms with Gasteiger partial charge in [0.05, 0.1) is 18.4 Å².